The first-order valence-corrected chi connectivity index (χ1v) is 8.29. The van der Waals surface area contributed by atoms with Crippen LogP contribution in [0.1, 0.15) is 31.9 Å². The molecule has 0 radical (unpaired) electrons. The first kappa shape index (κ1) is 16.7. The molecule has 1 fully saturated rings. The minimum Gasteiger partial charge on any atom is -0.441 e. The highest BCUT2D eigenvalue weighted by molar-refractivity contribution is 5.91. The van der Waals surface area contributed by atoms with Crippen molar-refractivity contribution in [2.45, 2.75) is 32.2 Å². The zero-order valence-electron chi connectivity index (χ0n) is 14.0. The zero-order valence-corrected chi connectivity index (χ0v) is 14.0. The van der Waals surface area contributed by atoms with Crippen LogP contribution >= 0.6 is 0 Å². The summed E-state index contributed by atoms with van der Waals surface area (Å²) in [5.74, 6) is 1.75. The molecule has 1 aromatic heterocycles. The molecule has 128 valence electrons. The molecule has 1 amide bonds. The van der Waals surface area contributed by atoms with Gasteiger partial charge in [0.2, 0.25) is 11.8 Å². The minimum atomic E-state index is -0.0241. The number of benzene rings is 1. The largest absolute Gasteiger partial charge is 0.441 e. The van der Waals surface area contributed by atoms with E-state index in [1.165, 1.54) is 0 Å². The fraction of sp³-hybridized carbons (Fsp3) is 0.444. The molecule has 2 N–H and O–H groups in total. The van der Waals surface area contributed by atoms with Gasteiger partial charge in [0.1, 0.15) is 5.76 Å². The maximum Gasteiger partial charge on any atom is 0.226 e. The number of rotatable bonds is 5. The number of morpholine rings is 1. The van der Waals surface area contributed by atoms with Gasteiger partial charge < -0.3 is 19.8 Å². The van der Waals surface area contributed by atoms with E-state index in [4.69, 9.17) is 9.15 Å². The molecule has 6 heteroatoms. The molecule has 0 bridgehead atoms. The third-order valence-electron chi connectivity index (χ3n) is 3.94. The van der Waals surface area contributed by atoms with Crippen molar-refractivity contribution < 1.29 is 13.9 Å². The summed E-state index contributed by atoms with van der Waals surface area (Å²) in [5.41, 5.74) is 1.65. The number of hydrogen-bond acceptors (Lipinski definition) is 5. The van der Waals surface area contributed by atoms with Gasteiger partial charge in [0, 0.05) is 36.2 Å². The van der Waals surface area contributed by atoms with Crippen LogP contribution in [0, 0.1) is 0 Å². The smallest absolute Gasteiger partial charge is 0.226 e. The van der Waals surface area contributed by atoms with Gasteiger partial charge in [-0.1, -0.05) is 13.8 Å². The number of carbonyl (C=O) groups excluding carboxylic acids is 1. The number of aromatic nitrogens is 1. The Kier molecular flexibility index (Phi) is 5.27. The van der Waals surface area contributed by atoms with Gasteiger partial charge in [0.25, 0.3) is 0 Å². The Morgan fingerprint density at radius 2 is 2.17 bits per heavy atom. The number of oxazole rings is 1. The Morgan fingerprint density at radius 1 is 1.38 bits per heavy atom. The molecule has 1 atom stereocenters. The fourth-order valence-corrected chi connectivity index (χ4v) is 2.57. The van der Waals surface area contributed by atoms with Crippen molar-refractivity contribution >= 4 is 11.6 Å². The third-order valence-corrected chi connectivity index (χ3v) is 3.94. The number of carbonyl (C=O) groups is 1. The lowest BCUT2D eigenvalue weighted by molar-refractivity contribution is -0.117. The van der Waals surface area contributed by atoms with Gasteiger partial charge in [-0.25, -0.2) is 4.98 Å². The molecule has 6 nitrogen and oxygen atoms in total. The summed E-state index contributed by atoms with van der Waals surface area (Å²) < 4.78 is 11.1. The number of nitrogens with zero attached hydrogens (tertiary/aromatic N) is 1. The molecular weight excluding hydrogens is 306 g/mol. The first-order valence-electron chi connectivity index (χ1n) is 8.29. The molecule has 1 saturated heterocycles. The number of amides is 1. The van der Waals surface area contributed by atoms with Gasteiger partial charge in [-0.15, -0.1) is 0 Å². The second-order valence-electron chi connectivity index (χ2n) is 6.28. The lowest BCUT2D eigenvalue weighted by Crippen LogP contribution is -2.43. The fourth-order valence-electron chi connectivity index (χ4n) is 2.57. The van der Waals surface area contributed by atoms with Gasteiger partial charge in [-0.05, 0) is 24.3 Å². The lowest BCUT2D eigenvalue weighted by Gasteiger charge is -2.23. The van der Waals surface area contributed by atoms with E-state index in [1.54, 1.807) is 6.20 Å². The molecule has 2 heterocycles. The molecule has 0 spiro atoms. The predicted octanol–water partition coefficient (Wildman–Crippen LogP) is 2.78. The topological polar surface area (TPSA) is 76.4 Å². The van der Waals surface area contributed by atoms with Crippen LogP contribution in [0.2, 0.25) is 0 Å². The van der Waals surface area contributed by atoms with Crippen molar-refractivity contribution in [2.24, 2.45) is 0 Å². The Hall–Kier alpha value is -2.18. The highest BCUT2D eigenvalue weighted by Gasteiger charge is 2.17. The molecule has 1 aliphatic heterocycles. The SMILES string of the molecule is CC(C)c1cnc(-c2ccc(NC(=O)CC3COCCN3)cc2)o1. The van der Waals surface area contributed by atoms with Crippen LogP contribution in [0.15, 0.2) is 34.9 Å². The number of ether oxygens (including phenoxy) is 1. The van der Waals surface area contributed by atoms with Crippen molar-refractivity contribution in [2.75, 3.05) is 25.1 Å². The molecule has 3 rings (SSSR count). The predicted molar refractivity (Wildman–Crippen MR) is 91.9 cm³/mol. The number of nitrogens with one attached hydrogen (secondary N) is 2. The van der Waals surface area contributed by atoms with Crippen molar-refractivity contribution in [3.05, 3.63) is 36.2 Å². The molecule has 1 unspecified atom stereocenters. The van der Waals surface area contributed by atoms with Crippen LogP contribution in [0.25, 0.3) is 11.5 Å². The Balaban J connectivity index is 1.58. The van der Waals surface area contributed by atoms with Crippen molar-refractivity contribution in [1.29, 1.82) is 0 Å². The summed E-state index contributed by atoms with van der Waals surface area (Å²) in [5, 5.41) is 6.18. The van der Waals surface area contributed by atoms with Crippen LogP contribution in [0.3, 0.4) is 0 Å². The van der Waals surface area contributed by atoms with Gasteiger partial charge in [-0.3, -0.25) is 4.79 Å². The molecule has 1 aliphatic rings. The average molecular weight is 329 g/mol. The van der Waals surface area contributed by atoms with E-state index in [0.717, 1.165) is 23.6 Å². The average Bonchev–Trinajstić information content (AvgIpc) is 3.07. The summed E-state index contributed by atoms with van der Waals surface area (Å²) in [6, 6.07) is 7.59. The molecular formula is C18H23N3O3. The third kappa shape index (κ3) is 4.21. The van der Waals surface area contributed by atoms with E-state index in [2.05, 4.69) is 29.5 Å². The van der Waals surface area contributed by atoms with Gasteiger partial charge in [-0.2, -0.15) is 0 Å². The van der Waals surface area contributed by atoms with Crippen molar-refractivity contribution in [3.8, 4) is 11.5 Å². The second kappa shape index (κ2) is 7.59. The number of anilines is 1. The van der Waals surface area contributed by atoms with Crippen LogP contribution in [0.5, 0.6) is 0 Å². The van der Waals surface area contributed by atoms with Crippen LogP contribution in [-0.2, 0) is 9.53 Å². The molecule has 0 saturated carbocycles. The van der Waals surface area contributed by atoms with Crippen LogP contribution in [-0.4, -0.2) is 36.7 Å². The van der Waals surface area contributed by atoms with Gasteiger partial charge in [0.15, 0.2) is 0 Å². The van der Waals surface area contributed by atoms with Crippen molar-refractivity contribution in [1.82, 2.24) is 10.3 Å². The summed E-state index contributed by atoms with van der Waals surface area (Å²) in [6.45, 7) is 6.21. The molecule has 24 heavy (non-hydrogen) atoms. The summed E-state index contributed by atoms with van der Waals surface area (Å²) in [4.78, 5) is 16.4. The number of hydrogen-bond donors (Lipinski definition) is 2. The van der Waals surface area contributed by atoms with Gasteiger partial charge in [0.05, 0.1) is 19.4 Å². The lowest BCUT2D eigenvalue weighted by atomic mass is 10.1. The first-order chi connectivity index (χ1) is 11.6. The Labute approximate surface area is 141 Å². The molecule has 0 aliphatic carbocycles. The van der Waals surface area contributed by atoms with E-state index >= 15 is 0 Å². The molecule has 1 aromatic carbocycles. The van der Waals surface area contributed by atoms with E-state index in [0.29, 0.717) is 31.4 Å². The van der Waals surface area contributed by atoms with E-state index in [1.807, 2.05) is 24.3 Å². The summed E-state index contributed by atoms with van der Waals surface area (Å²) in [7, 11) is 0. The van der Waals surface area contributed by atoms with Crippen LogP contribution in [0.4, 0.5) is 5.69 Å². The van der Waals surface area contributed by atoms with E-state index in [9.17, 15) is 4.79 Å². The molecule has 2 aromatic rings. The van der Waals surface area contributed by atoms with E-state index < -0.39 is 0 Å². The minimum absolute atomic E-state index is 0.0241. The van der Waals surface area contributed by atoms with Crippen LogP contribution < -0.4 is 10.6 Å². The summed E-state index contributed by atoms with van der Waals surface area (Å²) in [6.07, 6.45) is 2.16. The summed E-state index contributed by atoms with van der Waals surface area (Å²) >= 11 is 0. The Bertz CT molecular complexity index is 673. The normalized spacial score (nSPS) is 17.9. The maximum absolute atomic E-state index is 12.1. The Morgan fingerprint density at radius 3 is 2.79 bits per heavy atom. The maximum atomic E-state index is 12.1. The highest BCUT2D eigenvalue weighted by Crippen LogP contribution is 2.24. The second-order valence-corrected chi connectivity index (χ2v) is 6.28. The highest BCUT2D eigenvalue weighted by atomic mass is 16.5. The van der Waals surface area contributed by atoms with Gasteiger partial charge >= 0.3 is 0 Å². The zero-order chi connectivity index (χ0) is 16.9. The van der Waals surface area contributed by atoms with Crippen molar-refractivity contribution in [3.63, 3.8) is 0 Å². The monoisotopic (exact) mass is 329 g/mol. The standard InChI is InChI=1S/C18H23N3O3/c1-12(2)16-10-20-18(24-16)13-3-5-14(6-4-13)21-17(22)9-15-11-23-8-7-19-15/h3-6,10,12,15,19H,7-9,11H2,1-2H3,(H,21,22). The van der Waals surface area contributed by atoms with E-state index in [-0.39, 0.29) is 11.9 Å². The quantitative estimate of drug-likeness (QED) is 0.882.